The van der Waals surface area contributed by atoms with E-state index in [9.17, 15) is 14.4 Å². The maximum Gasteiger partial charge on any atom is 0.341 e. The average molecular weight is 506 g/mol. The second-order valence-electron chi connectivity index (χ2n) is 8.42. The lowest BCUT2D eigenvalue weighted by Gasteiger charge is -2.18. The zero-order chi connectivity index (χ0) is 25.5. The van der Waals surface area contributed by atoms with Crippen molar-refractivity contribution in [3.63, 3.8) is 0 Å². The number of hydrogen-bond donors (Lipinski definition) is 2. The molecule has 2 N–H and O–H groups in total. The van der Waals surface area contributed by atoms with Crippen LogP contribution in [0.5, 0.6) is 11.5 Å². The highest BCUT2D eigenvalue weighted by Gasteiger charge is 2.30. The number of benzene rings is 2. The summed E-state index contributed by atoms with van der Waals surface area (Å²) in [6.45, 7) is 4.10. The number of hydrazone groups is 1. The minimum atomic E-state index is -0.947. The Morgan fingerprint density at radius 1 is 1.08 bits per heavy atom. The van der Waals surface area contributed by atoms with E-state index >= 15 is 0 Å². The lowest BCUT2D eigenvalue weighted by Crippen LogP contribution is -2.32. The lowest BCUT2D eigenvalue weighted by molar-refractivity contribution is -0.136. The van der Waals surface area contributed by atoms with E-state index in [2.05, 4.69) is 22.8 Å². The summed E-state index contributed by atoms with van der Waals surface area (Å²) in [4.78, 5) is 38.6. The number of nitrogens with one attached hydrogen (secondary N) is 2. The molecule has 0 saturated carbocycles. The van der Waals surface area contributed by atoms with Crippen molar-refractivity contribution in [2.45, 2.75) is 33.1 Å². The molecular formula is C27H27N3O5S. The summed E-state index contributed by atoms with van der Waals surface area (Å²) in [5.41, 5.74) is 4.16. The quantitative estimate of drug-likeness (QED) is 0.205. The maximum atomic E-state index is 12.6. The Morgan fingerprint density at radius 3 is 2.64 bits per heavy atom. The topological polar surface area (TPSA) is 106 Å². The van der Waals surface area contributed by atoms with Gasteiger partial charge in [-0.2, -0.15) is 5.10 Å². The van der Waals surface area contributed by atoms with E-state index in [-0.39, 0.29) is 6.61 Å². The first-order valence-corrected chi connectivity index (χ1v) is 12.5. The van der Waals surface area contributed by atoms with Crippen LogP contribution in [0.25, 0.3) is 0 Å². The molecular weight excluding hydrogens is 478 g/mol. The van der Waals surface area contributed by atoms with Crippen LogP contribution in [0.4, 0.5) is 5.00 Å². The first-order valence-electron chi connectivity index (χ1n) is 11.7. The Balaban J connectivity index is 1.40. The predicted octanol–water partition coefficient (Wildman–Crippen LogP) is 4.93. The van der Waals surface area contributed by atoms with Crippen molar-refractivity contribution in [1.29, 1.82) is 0 Å². The average Bonchev–Trinajstić information content (AvgIpc) is 3.21. The Labute approximate surface area is 213 Å². The van der Waals surface area contributed by atoms with Gasteiger partial charge in [0.2, 0.25) is 0 Å². The van der Waals surface area contributed by atoms with E-state index < -0.39 is 17.8 Å². The van der Waals surface area contributed by atoms with Gasteiger partial charge < -0.3 is 14.8 Å². The van der Waals surface area contributed by atoms with Crippen LogP contribution in [0.15, 0.2) is 59.7 Å². The van der Waals surface area contributed by atoms with Gasteiger partial charge in [-0.15, -0.1) is 11.3 Å². The summed E-state index contributed by atoms with van der Waals surface area (Å²) in [6.07, 6.45) is 3.93. The highest BCUT2D eigenvalue weighted by atomic mass is 32.1. The Kier molecular flexibility index (Phi) is 8.12. The molecule has 0 aliphatic heterocycles. The summed E-state index contributed by atoms with van der Waals surface area (Å²) in [7, 11) is 0. The minimum absolute atomic E-state index is 0.222. The van der Waals surface area contributed by atoms with Crippen LogP contribution in [0, 0.1) is 5.92 Å². The zero-order valence-electron chi connectivity index (χ0n) is 20.1. The summed E-state index contributed by atoms with van der Waals surface area (Å²) in [5, 5.41) is 6.80. The Hall–Kier alpha value is -3.98. The standard InChI is InChI=1S/C27H27N3O5S/c1-3-34-27(33)23-21-13-12-17(2)14-22(21)36-26(23)29-24(31)25(32)30-28-16-18-8-7-11-20(15-18)35-19-9-5-4-6-10-19/h4-11,15-17H,3,12-14H2,1-2H3,(H,29,31)(H,30,32)/b28-16-/t17-/m1/s1. The second kappa shape index (κ2) is 11.6. The number of para-hydroxylation sites is 1. The molecule has 0 radical (unpaired) electrons. The minimum Gasteiger partial charge on any atom is -0.462 e. The molecule has 1 aliphatic rings. The molecule has 2 aromatic carbocycles. The third-order valence-corrected chi connectivity index (χ3v) is 6.81. The Bertz CT molecular complexity index is 1290. The number of fused-ring (bicyclic) bond motifs is 1. The third-order valence-electron chi connectivity index (χ3n) is 5.64. The number of ether oxygens (including phenoxy) is 2. The summed E-state index contributed by atoms with van der Waals surface area (Å²) < 4.78 is 11.0. The number of rotatable bonds is 7. The molecule has 1 aliphatic carbocycles. The Morgan fingerprint density at radius 2 is 1.86 bits per heavy atom. The van der Waals surface area contributed by atoms with Gasteiger partial charge in [0.1, 0.15) is 16.5 Å². The van der Waals surface area contributed by atoms with Gasteiger partial charge in [-0.25, -0.2) is 10.2 Å². The van der Waals surface area contributed by atoms with Crippen molar-refractivity contribution in [3.05, 3.63) is 76.2 Å². The molecule has 2 amide bonds. The van der Waals surface area contributed by atoms with Crippen LogP contribution >= 0.6 is 11.3 Å². The van der Waals surface area contributed by atoms with Crippen LogP contribution in [-0.4, -0.2) is 30.6 Å². The van der Waals surface area contributed by atoms with Crippen molar-refractivity contribution in [2.24, 2.45) is 11.0 Å². The normalized spacial score (nSPS) is 14.7. The molecule has 8 nitrogen and oxygen atoms in total. The van der Waals surface area contributed by atoms with Gasteiger partial charge in [0.25, 0.3) is 0 Å². The van der Waals surface area contributed by atoms with E-state index in [0.29, 0.717) is 33.5 Å². The summed E-state index contributed by atoms with van der Waals surface area (Å²) in [5.74, 6) is -0.553. The molecule has 0 bridgehead atoms. The summed E-state index contributed by atoms with van der Waals surface area (Å²) >= 11 is 1.32. The van der Waals surface area contributed by atoms with Crippen LogP contribution in [0.2, 0.25) is 0 Å². The fourth-order valence-corrected chi connectivity index (χ4v) is 5.31. The SMILES string of the molecule is CCOC(=O)c1c(NC(=O)C(=O)N/N=C\c2cccc(Oc3ccccc3)c2)sc2c1CC[C@@H](C)C2. The number of amides is 2. The van der Waals surface area contributed by atoms with Crippen LogP contribution in [-0.2, 0) is 27.2 Å². The van der Waals surface area contributed by atoms with Crippen LogP contribution in [0.3, 0.4) is 0 Å². The molecule has 1 aromatic heterocycles. The number of esters is 1. The number of carbonyl (C=O) groups is 3. The molecule has 0 fully saturated rings. The highest BCUT2D eigenvalue weighted by molar-refractivity contribution is 7.17. The van der Waals surface area contributed by atoms with Gasteiger partial charge in [0.15, 0.2) is 0 Å². The van der Waals surface area contributed by atoms with Crippen molar-refractivity contribution in [2.75, 3.05) is 11.9 Å². The second-order valence-corrected chi connectivity index (χ2v) is 9.52. The molecule has 3 aromatic rings. The van der Waals surface area contributed by atoms with E-state index in [0.717, 1.165) is 29.7 Å². The first-order chi connectivity index (χ1) is 17.4. The number of carbonyl (C=O) groups excluding carboxylic acids is 3. The molecule has 0 saturated heterocycles. The van der Waals surface area contributed by atoms with Gasteiger partial charge in [0, 0.05) is 4.88 Å². The number of hydrogen-bond acceptors (Lipinski definition) is 7. The van der Waals surface area contributed by atoms with E-state index in [4.69, 9.17) is 9.47 Å². The molecule has 1 heterocycles. The van der Waals surface area contributed by atoms with Crippen molar-refractivity contribution >= 4 is 40.3 Å². The molecule has 36 heavy (non-hydrogen) atoms. The first kappa shape index (κ1) is 25.1. The lowest BCUT2D eigenvalue weighted by atomic mass is 9.88. The van der Waals surface area contributed by atoms with Crippen LogP contribution < -0.4 is 15.5 Å². The molecule has 4 rings (SSSR count). The monoisotopic (exact) mass is 505 g/mol. The zero-order valence-corrected chi connectivity index (χ0v) is 20.9. The molecule has 9 heteroatoms. The van der Waals surface area contributed by atoms with Crippen molar-refractivity contribution < 1.29 is 23.9 Å². The summed E-state index contributed by atoms with van der Waals surface area (Å²) in [6, 6.07) is 16.5. The van der Waals surface area contributed by atoms with E-state index in [1.54, 1.807) is 31.2 Å². The van der Waals surface area contributed by atoms with Crippen LogP contribution in [0.1, 0.15) is 46.6 Å². The van der Waals surface area contributed by atoms with Gasteiger partial charge in [0.05, 0.1) is 18.4 Å². The number of anilines is 1. The largest absolute Gasteiger partial charge is 0.462 e. The van der Waals surface area contributed by atoms with E-state index in [1.807, 2.05) is 30.3 Å². The fraction of sp³-hybridized carbons (Fsp3) is 0.259. The fourth-order valence-electron chi connectivity index (χ4n) is 3.92. The maximum absolute atomic E-state index is 12.6. The van der Waals surface area contributed by atoms with Gasteiger partial charge in [-0.1, -0.05) is 37.3 Å². The van der Waals surface area contributed by atoms with Gasteiger partial charge in [-0.3, -0.25) is 9.59 Å². The van der Waals surface area contributed by atoms with E-state index in [1.165, 1.54) is 17.6 Å². The molecule has 0 spiro atoms. The third kappa shape index (κ3) is 6.17. The number of nitrogens with zero attached hydrogens (tertiary/aromatic N) is 1. The molecule has 1 atom stereocenters. The smallest absolute Gasteiger partial charge is 0.341 e. The molecule has 0 unspecified atom stereocenters. The highest BCUT2D eigenvalue weighted by Crippen LogP contribution is 2.40. The van der Waals surface area contributed by atoms with Crippen molar-refractivity contribution in [1.82, 2.24) is 5.43 Å². The predicted molar refractivity (Wildman–Crippen MR) is 139 cm³/mol. The van der Waals surface area contributed by atoms with Crippen molar-refractivity contribution in [3.8, 4) is 11.5 Å². The number of thiophene rings is 1. The van der Waals surface area contributed by atoms with Gasteiger partial charge >= 0.3 is 17.8 Å². The molecule has 186 valence electrons. The van der Waals surface area contributed by atoms with Gasteiger partial charge in [-0.05, 0) is 67.5 Å².